The van der Waals surface area contributed by atoms with Crippen molar-refractivity contribution in [1.29, 1.82) is 0 Å². The van der Waals surface area contributed by atoms with Gasteiger partial charge in [-0.2, -0.15) is 24.9 Å². The number of hydrogen-bond donors (Lipinski definition) is 1. The van der Waals surface area contributed by atoms with Crippen LogP contribution in [0.15, 0.2) is 24.3 Å². The van der Waals surface area contributed by atoms with E-state index in [1.165, 1.54) is 12.1 Å². The molecule has 3 nitrogen and oxygen atoms in total. The Morgan fingerprint density at radius 3 is 2.81 bits per heavy atom. The summed E-state index contributed by atoms with van der Waals surface area (Å²) in [6.07, 6.45) is -3.64. The maximum absolute atomic E-state index is 12.6. The minimum atomic E-state index is -4.45. The highest BCUT2D eigenvalue weighted by Crippen LogP contribution is 2.31. The molecule has 7 heteroatoms. The smallest absolute Gasteiger partial charge is 0.376 e. The number of alkyl halides is 3. The van der Waals surface area contributed by atoms with Gasteiger partial charge in [-0.15, -0.1) is 0 Å². The molecule has 1 aliphatic rings. The molecule has 0 aliphatic carbocycles. The van der Waals surface area contributed by atoms with E-state index in [4.69, 9.17) is 4.74 Å². The van der Waals surface area contributed by atoms with Crippen LogP contribution in [0, 0.1) is 0 Å². The number of carbonyl (C=O) groups is 1. The molecule has 1 amide bonds. The van der Waals surface area contributed by atoms with E-state index in [9.17, 15) is 18.0 Å². The van der Waals surface area contributed by atoms with Crippen LogP contribution in [0.1, 0.15) is 22.3 Å². The Hall–Kier alpha value is -1.21. The molecular weight excluding hydrogens is 303 g/mol. The zero-order valence-electron chi connectivity index (χ0n) is 11.5. The van der Waals surface area contributed by atoms with Crippen molar-refractivity contribution in [2.45, 2.75) is 18.2 Å². The third-order valence-electron chi connectivity index (χ3n) is 3.52. The van der Waals surface area contributed by atoms with Crippen LogP contribution in [0.4, 0.5) is 13.2 Å². The van der Waals surface area contributed by atoms with Crippen LogP contribution in [0.25, 0.3) is 0 Å². The molecule has 1 aromatic carbocycles. The summed E-state index contributed by atoms with van der Waals surface area (Å²) in [6.45, 7) is 0.297. The molecule has 1 atom stereocenters. The topological polar surface area (TPSA) is 38.3 Å². The van der Waals surface area contributed by atoms with Gasteiger partial charge in [-0.3, -0.25) is 4.79 Å². The molecule has 1 fully saturated rings. The van der Waals surface area contributed by atoms with Crippen molar-refractivity contribution in [2.24, 2.45) is 0 Å². The van der Waals surface area contributed by atoms with Crippen molar-refractivity contribution in [1.82, 2.24) is 5.32 Å². The van der Waals surface area contributed by atoms with E-state index in [-0.39, 0.29) is 5.56 Å². The Morgan fingerprint density at radius 1 is 1.48 bits per heavy atom. The number of ether oxygens (including phenoxy) is 1. The normalized spacial score (nSPS) is 22.3. The van der Waals surface area contributed by atoms with Crippen LogP contribution in [0.5, 0.6) is 0 Å². The van der Waals surface area contributed by atoms with Crippen LogP contribution >= 0.6 is 11.8 Å². The van der Waals surface area contributed by atoms with Crippen molar-refractivity contribution in [3.63, 3.8) is 0 Å². The number of halogens is 3. The third kappa shape index (κ3) is 3.91. The highest BCUT2D eigenvalue weighted by molar-refractivity contribution is 7.99. The number of rotatable bonds is 4. The SMILES string of the molecule is CO[C@@]1(CNC(=O)c2cccc(C(F)(F)F)c2)CCSC1. The van der Waals surface area contributed by atoms with Gasteiger partial charge in [0.2, 0.25) is 0 Å². The van der Waals surface area contributed by atoms with Gasteiger partial charge < -0.3 is 10.1 Å². The van der Waals surface area contributed by atoms with Gasteiger partial charge in [-0.25, -0.2) is 0 Å². The summed E-state index contributed by atoms with van der Waals surface area (Å²) in [7, 11) is 1.59. The average molecular weight is 319 g/mol. The van der Waals surface area contributed by atoms with Gasteiger partial charge in [0.1, 0.15) is 0 Å². The fourth-order valence-electron chi connectivity index (χ4n) is 2.14. The van der Waals surface area contributed by atoms with Gasteiger partial charge in [-0.05, 0) is 30.4 Å². The maximum atomic E-state index is 12.6. The Bertz CT molecular complexity index is 513. The van der Waals surface area contributed by atoms with Crippen molar-refractivity contribution in [3.8, 4) is 0 Å². The van der Waals surface area contributed by atoms with Gasteiger partial charge in [0, 0.05) is 25.0 Å². The molecule has 0 aromatic heterocycles. The minimum absolute atomic E-state index is 0.00160. The lowest BCUT2D eigenvalue weighted by molar-refractivity contribution is -0.137. The molecule has 1 aromatic rings. The van der Waals surface area contributed by atoms with Crippen molar-refractivity contribution in [2.75, 3.05) is 25.2 Å². The molecule has 0 unspecified atom stereocenters. The predicted octanol–water partition coefficient (Wildman–Crippen LogP) is 2.96. The number of benzene rings is 1. The van der Waals surface area contributed by atoms with Gasteiger partial charge in [0.15, 0.2) is 0 Å². The quantitative estimate of drug-likeness (QED) is 0.927. The zero-order chi connectivity index (χ0) is 15.5. The molecule has 2 rings (SSSR count). The molecule has 0 saturated carbocycles. The van der Waals surface area contributed by atoms with Gasteiger partial charge >= 0.3 is 6.18 Å². The Balaban J connectivity index is 2.04. The lowest BCUT2D eigenvalue weighted by Crippen LogP contribution is -2.44. The number of hydrogen-bond acceptors (Lipinski definition) is 3. The second-order valence-electron chi connectivity index (χ2n) is 4.95. The van der Waals surface area contributed by atoms with Crippen molar-refractivity contribution in [3.05, 3.63) is 35.4 Å². The summed E-state index contributed by atoms with van der Waals surface area (Å²) in [5.41, 5.74) is -1.24. The Labute approximate surface area is 125 Å². The van der Waals surface area contributed by atoms with E-state index < -0.39 is 23.2 Å². The van der Waals surface area contributed by atoms with Gasteiger partial charge in [0.05, 0.1) is 11.2 Å². The van der Waals surface area contributed by atoms with Crippen molar-refractivity contribution < 1.29 is 22.7 Å². The number of nitrogens with one attached hydrogen (secondary N) is 1. The molecule has 1 saturated heterocycles. The van der Waals surface area contributed by atoms with E-state index in [1.807, 2.05) is 0 Å². The molecule has 116 valence electrons. The predicted molar refractivity (Wildman–Crippen MR) is 75.5 cm³/mol. The third-order valence-corrected chi connectivity index (χ3v) is 4.75. The van der Waals surface area contributed by atoms with Crippen LogP contribution in [-0.4, -0.2) is 36.7 Å². The first-order valence-corrected chi connectivity index (χ1v) is 7.60. The first kappa shape index (κ1) is 16.2. The fourth-order valence-corrected chi connectivity index (χ4v) is 3.54. The summed E-state index contributed by atoms with van der Waals surface area (Å²) in [4.78, 5) is 12.0. The zero-order valence-corrected chi connectivity index (χ0v) is 12.3. The summed E-state index contributed by atoms with van der Waals surface area (Å²) in [5, 5.41) is 2.67. The summed E-state index contributed by atoms with van der Waals surface area (Å²) < 4.78 is 43.3. The number of methoxy groups -OCH3 is 1. The molecule has 1 heterocycles. The lowest BCUT2D eigenvalue weighted by Gasteiger charge is -2.26. The first-order chi connectivity index (χ1) is 9.86. The molecule has 0 radical (unpaired) electrons. The fraction of sp³-hybridized carbons (Fsp3) is 0.500. The lowest BCUT2D eigenvalue weighted by atomic mass is 10.0. The van der Waals surface area contributed by atoms with E-state index in [2.05, 4.69) is 5.32 Å². The second-order valence-corrected chi connectivity index (χ2v) is 6.06. The molecule has 0 spiro atoms. The standard InChI is InChI=1S/C14H16F3NO2S/c1-20-13(5-6-21-9-13)8-18-12(19)10-3-2-4-11(7-10)14(15,16)17/h2-4,7H,5-6,8-9H2,1H3,(H,18,19)/t13-/m1/s1. The van der Waals surface area contributed by atoms with Gasteiger partial charge in [-0.1, -0.05) is 6.07 Å². The maximum Gasteiger partial charge on any atom is 0.416 e. The minimum Gasteiger partial charge on any atom is -0.376 e. The van der Waals surface area contributed by atoms with Crippen LogP contribution < -0.4 is 5.32 Å². The molecule has 21 heavy (non-hydrogen) atoms. The number of carbonyl (C=O) groups excluding carboxylic acids is 1. The van der Waals surface area contributed by atoms with Crippen LogP contribution in [-0.2, 0) is 10.9 Å². The molecular formula is C14H16F3NO2S. The average Bonchev–Trinajstić information content (AvgIpc) is 2.93. The van der Waals surface area contributed by atoms with E-state index in [1.54, 1.807) is 18.9 Å². The summed E-state index contributed by atoms with van der Waals surface area (Å²) in [6, 6.07) is 4.40. The monoisotopic (exact) mass is 319 g/mol. The molecule has 1 N–H and O–H groups in total. The first-order valence-electron chi connectivity index (χ1n) is 6.45. The van der Waals surface area contributed by atoms with Crippen LogP contribution in [0.2, 0.25) is 0 Å². The number of amides is 1. The second kappa shape index (κ2) is 6.27. The van der Waals surface area contributed by atoms with Gasteiger partial charge in [0.25, 0.3) is 5.91 Å². The van der Waals surface area contributed by atoms with E-state index in [0.29, 0.717) is 6.54 Å². The van der Waals surface area contributed by atoms with Crippen LogP contribution in [0.3, 0.4) is 0 Å². The molecule has 0 bridgehead atoms. The highest BCUT2D eigenvalue weighted by atomic mass is 32.2. The number of thioether (sulfide) groups is 1. The van der Waals surface area contributed by atoms with E-state index >= 15 is 0 Å². The Kier molecular flexibility index (Phi) is 4.83. The largest absolute Gasteiger partial charge is 0.416 e. The summed E-state index contributed by atoms with van der Waals surface area (Å²) in [5.74, 6) is 1.20. The van der Waals surface area contributed by atoms with E-state index in [0.717, 1.165) is 30.1 Å². The molecule has 1 aliphatic heterocycles. The summed E-state index contributed by atoms with van der Waals surface area (Å²) >= 11 is 1.73. The van der Waals surface area contributed by atoms with Crippen molar-refractivity contribution >= 4 is 17.7 Å². The highest BCUT2D eigenvalue weighted by Gasteiger charge is 2.35. The Morgan fingerprint density at radius 2 is 2.24 bits per heavy atom.